The summed E-state index contributed by atoms with van der Waals surface area (Å²) >= 11 is 0. The van der Waals surface area contributed by atoms with Crippen molar-refractivity contribution >= 4 is 25.7 Å². The molecule has 0 saturated heterocycles. The Kier molecular flexibility index (Phi) is 42.1. The summed E-state index contributed by atoms with van der Waals surface area (Å²) in [5, 5.41) is 2.62. The third-order valence-electron chi connectivity index (χ3n) is 10.4. The zero-order chi connectivity index (χ0) is 44.2. The van der Waals surface area contributed by atoms with Crippen molar-refractivity contribution in [2.24, 2.45) is 11.5 Å². The summed E-state index contributed by atoms with van der Waals surface area (Å²) in [5.74, 6) is -1.21. The third-order valence-corrected chi connectivity index (χ3v) is 11.8. The van der Waals surface area contributed by atoms with E-state index in [0.29, 0.717) is 32.2 Å². The molecule has 0 aromatic rings. The number of unbranched alkanes of at least 4 members (excludes halogenated alkanes) is 22. The van der Waals surface area contributed by atoms with Gasteiger partial charge in [0, 0.05) is 26.5 Å². The number of carbonyl (C=O) groups is 3. The SMILES string of the molecule is CCCCCCCC/C=C\CCCCCCCC(=O)OCC(COP(=O)(OC)OCCNC(=O)C(N)CCCN)OC(=O)CCCCCCC/C=C\CCCCCCCC. The molecule has 13 heteroatoms. The van der Waals surface area contributed by atoms with Crippen molar-refractivity contribution in [3.63, 3.8) is 0 Å². The Hall–Kier alpha value is -2.08. The van der Waals surface area contributed by atoms with Gasteiger partial charge in [0.1, 0.15) is 6.61 Å². The number of phosphoric ester groups is 1. The van der Waals surface area contributed by atoms with Crippen LogP contribution in [0.5, 0.6) is 0 Å². The average molecular weight is 872 g/mol. The van der Waals surface area contributed by atoms with E-state index in [0.717, 1.165) is 64.2 Å². The van der Waals surface area contributed by atoms with E-state index in [1.54, 1.807) is 0 Å². The van der Waals surface area contributed by atoms with Crippen LogP contribution in [0, 0.1) is 0 Å². The standard InChI is InChI=1S/C47H90N3O9P/c1-4-6-8-10-12-14-16-18-20-22-24-26-28-30-32-36-45(51)56-41-43(42-58-60(54,55-3)57-40-39-50-47(53)44(49)35-34-38-48)59-46(52)37-33-31-29-27-25-23-21-19-17-15-13-11-9-7-5-2/h18-21,43-44H,4-17,22-42,48-49H2,1-3H3,(H,50,53)/b20-18-,21-19-. The van der Waals surface area contributed by atoms with E-state index < -0.39 is 31.9 Å². The summed E-state index contributed by atoms with van der Waals surface area (Å²) in [6.07, 6.45) is 40.0. The molecule has 0 aliphatic rings. The molecular weight excluding hydrogens is 782 g/mol. The van der Waals surface area contributed by atoms with Crippen molar-refractivity contribution in [2.45, 2.75) is 219 Å². The molecule has 3 unspecified atom stereocenters. The smallest absolute Gasteiger partial charge is 0.462 e. The Labute approximate surface area is 366 Å². The monoisotopic (exact) mass is 872 g/mol. The second kappa shape index (κ2) is 43.6. The highest BCUT2D eigenvalue weighted by molar-refractivity contribution is 7.48. The van der Waals surface area contributed by atoms with Crippen molar-refractivity contribution in [2.75, 3.05) is 40.0 Å². The fourth-order valence-corrected chi connectivity index (χ4v) is 7.50. The highest BCUT2D eigenvalue weighted by atomic mass is 31.2. The van der Waals surface area contributed by atoms with Crippen LogP contribution in [0.4, 0.5) is 0 Å². The van der Waals surface area contributed by atoms with Crippen molar-refractivity contribution in [3.8, 4) is 0 Å². The topological polar surface area (TPSA) is 178 Å². The number of carbonyl (C=O) groups excluding carboxylic acids is 3. The van der Waals surface area contributed by atoms with Crippen LogP contribution >= 0.6 is 7.82 Å². The molecule has 0 radical (unpaired) electrons. The van der Waals surface area contributed by atoms with Gasteiger partial charge >= 0.3 is 19.8 Å². The number of esters is 2. The van der Waals surface area contributed by atoms with Crippen LogP contribution in [-0.2, 0) is 42.0 Å². The van der Waals surface area contributed by atoms with Crippen molar-refractivity contribution in [1.29, 1.82) is 0 Å². The van der Waals surface area contributed by atoms with E-state index in [2.05, 4.69) is 43.5 Å². The number of ether oxygens (including phenoxy) is 2. The second-order valence-electron chi connectivity index (χ2n) is 16.1. The van der Waals surface area contributed by atoms with Gasteiger partial charge in [-0.05, 0) is 83.6 Å². The molecule has 0 spiro atoms. The van der Waals surface area contributed by atoms with Crippen LogP contribution in [0.3, 0.4) is 0 Å². The lowest BCUT2D eigenvalue weighted by Crippen LogP contribution is -2.42. The number of hydrogen-bond acceptors (Lipinski definition) is 11. The van der Waals surface area contributed by atoms with E-state index in [-0.39, 0.29) is 45.1 Å². The maximum atomic E-state index is 13.2. The number of nitrogens with one attached hydrogen (secondary N) is 1. The van der Waals surface area contributed by atoms with Gasteiger partial charge in [0.15, 0.2) is 6.10 Å². The molecule has 0 aromatic carbocycles. The number of amides is 1. The molecule has 0 fully saturated rings. The largest absolute Gasteiger partial charge is 0.474 e. The average Bonchev–Trinajstić information content (AvgIpc) is 3.25. The molecule has 5 N–H and O–H groups in total. The number of rotatable bonds is 45. The molecule has 0 rings (SSSR count). The third kappa shape index (κ3) is 38.8. The predicted molar refractivity (Wildman–Crippen MR) is 246 cm³/mol. The summed E-state index contributed by atoms with van der Waals surface area (Å²) in [4.78, 5) is 37.6. The van der Waals surface area contributed by atoms with Gasteiger partial charge in [-0.1, -0.05) is 141 Å². The lowest BCUT2D eigenvalue weighted by atomic mass is 10.1. The Bertz CT molecular complexity index is 1120. The predicted octanol–water partition coefficient (Wildman–Crippen LogP) is 11.5. The van der Waals surface area contributed by atoms with E-state index in [4.69, 9.17) is 34.5 Å². The molecule has 3 atom stereocenters. The van der Waals surface area contributed by atoms with Crippen LogP contribution in [0.2, 0.25) is 0 Å². The van der Waals surface area contributed by atoms with Crippen molar-refractivity contribution < 1.29 is 42.0 Å². The van der Waals surface area contributed by atoms with Crippen molar-refractivity contribution in [1.82, 2.24) is 5.32 Å². The molecule has 60 heavy (non-hydrogen) atoms. The number of nitrogens with two attached hydrogens (primary N) is 2. The van der Waals surface area contributed by atoms with Gasteiger partial charge in [-0.15, -0.1) is 0 Å². The van der Waals surface area contributed by atoms with Crippen LogP contribution in [0.25, 0.3) is 0 Å². The van der Waals surface area contributed by atoms with Crippen LogP contribution in [0.1, 0.15) is 206 Å². The molecule has 0 saturated carbocycles. The van der Waals surface area contributed by atoms with E-state index in [1.807, 2.05) is 0 Å². The molecule has 1 amide bonds. The quantitative estimate of drug-likeness (QED) is 0.0229. The zero-order valence-electron chi connectivity index (χ0n) is 38.5. The highest BCUT2D eigenvalue weighted by Gasteiger charge is 2.29. The zero-order valence-corrected chi connectivity index (χ0v) is 39.4. The summed E-state index contributed by atoms with van der Waals surface area (Å²) in [6.45, 7) is 4.15. The maximum Gasteiger partial charge on any atom is 0.474 e. The summed E-state index contributed by atoms with van der Waals surface area (Å²) in [7, 11) is -2.92. The molecule has 0 aromatic heterocycles. The highest BCUT2D eigenvalue weighted by Crippen LogP contribution is 2.48. The minimum absolute atomic E-state index is 0.0220. The fraction of sp³-hybridized carbons (Fsp3) is 0.851. The first-order valence-electron chi connectivity index (χ1n) is 24.0. The minimum atomic E-state index is -4.09. The molecule has 0 bridgehead atoms. The fourth-order valence-electron chi connectivity index (χ4n) is 6.55. The molecule has 352 valence electrons. The summed E-state index contributed by atoms with van der Waals surface area (Å²) < 4.78 is 40.1. The Morgan fingerprint density at radius 3 is 1.52 bits per heavy atom. The van der Waals surface area contributed by atoms with Crippen LogP contribution in [0.15, 0.2) is 24.3 Å². The molecule has 0 aliphatic carbocycles. The van der Waals surface area contributed by atoms with Gasteiger partial charge in [-0.2, -0.15) is 0 Å². The normalized spacial score (nSPS) is 13.8. The van der Waals surface area contributed by atoms with Gasteiger partial charge in [0.25, 0.3) is 0 Å². The first-order valence-corrected chi connectivity index (χ1v) is 25.5. The summed E-state index contributed by atoms with van der Waals surface area (Å²) in [5.41, 5.74) is 11.3. The van der Waals surface area contributed by atoms with Crippen molar-refractivity contribution in [3.05, 3.63) is 24.3 Å². The molecule has 12 nitrogen and oxygen atoms in total. The molecule has 0 aliphatic heterocycles. The minimum Gasteiger partial charge on any atom is -0.462 e. The van der Waals surface area contributed by atoms with Gasteiger partial charge in [-0.25, -0.2) is 4.57 Å². The summed E-state index contributed by atoms with van der Waals surface area (Å²) in [6, 6.07) is -0.708. The Morgan fingerprint density at radius 2 is 1.05 bits per heavy atom. The first-order chi connectivity index (χ1) is 29.2. The van der Waals surface area contributed by atoms with Gasteiger partial charge in [0.05, 0.1) is 19.3 Å². The maximum absolute atomic E-state index is 13.2. The van der Waals surface area contributed by atoms with Gasteiger partial charge < -0.3 is 26.3 Å². The number of allylic oxidation sites excluding steroid dienone is 4. The van der Waals surface area contributed by atoms with Crippen LogP contribution < -0.4 is 16.8 Å². The van der Waals surface area contributed by atoms with E-state index in [1.165, 1.54) is 97.0 Å². The lowest BCUT2D eigenvalue weighted by Gasteiger charge is -2.21. The van der Waals surface area contributed by atoms with Gasteiger partial charge in [-0.3, -0.25) is 28.0 Å². The first kappa shape index (κ1) is 57.9. The molecular formula is C47H90N3O9P. The Balaban J connectivity index is 4.66. The van der Waals surface area contributed by atoms with Gasteiger partial charge in [0.2, 0.25) is 5.91 Å². The lowest BCUT2D eigenvalue weighted by molar-refractivity contribution is -0.161. The number of phosphoric acid groups is 1. The Morgan fingerprint density at radius 1 is 0.600 bits per heavy atom. The number of hydrogen-bond donors (Lipinski definition) is 3. The van der Waals surface area contributed by atoms with E-state index >= 15 is 0 Å². The van der Waals surface area contributed by atoms with E-state index in [9.17, 15) is 18.9 Å². The second-order valence-corrected chi connectivity index (χ2v) is 17.8. The van der Waals surface area contributed by atoms with Crippen LogP contribution in [-0.4, -0.2) is 70.0 Å². The molecule has 0 heterocycles.